The summed E-state index contributed by atoms with van der Waals surface area (Å²) in [5.74, 6) is -0.139. The number of aromatic nitrogens is 4. The number of carbonyl (C=O) groups excluding carboxylic acids is 1. The highest BCUT2D eigenvalue weighted by molar-refractivity contribution is 7.14. The lowest BCUT2D eigenvalue weighted by molar-refractivity contribution is -0.115. The molecule has 0 saturated heterocycles. The van der Waals surface area contributed by atoms with E-state index in [1.165, 1.54) is 22.7 Å². The molecule has 0 unspecified atom stereocenters. The normalized spacial score (nSPS) is 10.6. The first kappa shape index (κ1) is 16.5. The van der Waals surface area contributed by atoms with E-state index in [0.29, 0.717) is 5.13 Å². The summed E-state index contributed by atoms with van der Waals surface area (Å²) in [7, 11) is 0. The van der Waals surface area contributed by atoms with Gasteiger partial charge in [0, 0.05) is 46.7 Å². The van der Waals surface area contributed by atoms with Gasteiger partial charge in [0.25, 0.3) is 0 Å². The van der Waals surface area contributed by atoms with Gasteiger partial charge in [0.05, 0.1) is 17.8 Å². The zero-order valence-corrected chi connectivity index (χ0v) is 15.1. The molecule has 1 N–H and O–H groups in total. The van der Waals surface area contributed by atoms with Crippen molar-refractivity contribution < 1.29 is 4.79 Å². The highest BCUT2D eigenvalue weighted by Gasteiger charge is 2.12. The SMILES string of the molecule is O=C(Cc1csc(-c2cccnc2)n1)Nc1nc(-c2cccnc2)cs1. The molecule has 0 radical (unpaired) electrons. The third kappa shape index (κ3) is 3.81. The minimum Gasteiger partial charge on any atom is -0.302 e. The second-order valence-electron chi connectivity index (χ2n) is 5.39. The highest BCUT2D eigenvalue weighted by atomic mass is 32.1. The Labute approximate surface area is 157 Å². The number of amides is 1. The Balaban J connectivity index is 1.40. The first-order valence-electron chi connectivity index (χ1n) is 7.78. The second kappa shape index (κ2) is 7.51. The van der Waals surface area contributed by atoms with Crippen molar-refractivity contribution in [3.63, 3.8) is 0 Å². The smallest absolute Gasteiger partial charge is 0.232 e. The molecule has 4 aromatic rings. The maximum Gasteiger partial charge on any atom is 0.232 e. The fourth-order valence-electron chi connectivity index (χ4n) is 2.32. The number of nitrogens with one attached hydrogen (secondary N) is 1. The number of anilines is 1. The second-order valence-corrected chi connectivity index (χ2v) is 7.11. The Morgan fingerprint density at radius 2 is 1.73 bits per heavy atom. The summed E-state index contributed by atoms with van der Waals surface area (Å²) in [6, 6.07) is 7.61. The Bertz CT molecular complexity index is 933. The molecule has 0 aromatic carbocycles. The number of pyridine rings is 2. The van der Waals surface area contributed by atoms with Crippen molar-refractivity contribution in [1.29, 1.82) is 0 Å². The van der Waals surface area contributed by atoms with Crippen LogP contribution in [0.15, 0.2) is 59.8 Å². The van der Waals surface area contributed by atoms with Crippen molar-refractivity contribution >= 4 is 33.7 Å². The van der Waals surface area contributed by atoms with Crippen LogP contribution in [0.3, 0.4) is 0 Å². The van der Waals surface area contributed by atoms with Gasteiger partial charge in [0.15, 0.2) is 5.13 Å². The van der Waals surface area contributed by atoms with Crippen LogP contribution in [0, 0.1) is 0 Å². The lowest BCUT2D eigenvalue weighted by Gasteiger charge is -1.99. The molecule has 1 amide bonds. The molecular formula is C18H13N5OS2. The Kier molecular flexibility index (Phi) is 4.76. The molecule has 4 aromatic heterocycles. The van der Waals surface area contributed by atoms with E-state index in [-0.39, 0.29) is 12.3 Å². The van der Waals surface area contributed by atoms with Gasteiger partial charge in [-0.25, -0.2) is 9.97 Å². The predicted octanol–water partition coefficient (Wildman–Crippen LogP) is 3.90. The predicted molar refractivity (Wildman–Crippen MR) is 103 cm³/mol. The summed E-state index contributed by atoms with van der Waals surface area (Å²) < 4.78 is 0. The Morgan fingerprint density at radius 1 is 0.962 bits per heavy atom. The van der Waals surface area contributed by atoms with E-state index in [2.05, 4.69) is 25.3 Å². The van der Waals surface area contributed by atoms with Crippen LogP contribution in [0.25, 0.3) is 21.8 Å². The average Bonchev–Trinajstić information content (AvgIpc) is 3.33. The molecule has 0 aliphatic rings. The molecule has 0 spiro atoms. The van der Waals surface area contributed by atoms with E-state index < -0.39 is 0 Å². The molecule has 0 aliphatic carbocycles. The van der Waals surface area contributed by atoms with E-state index in [0.717, 1.165) is 27.5 Å². The van der Waals surface area contributed by atoms with Crippen LogP contribution >= 0.6 is 22.7 Å². The lowest BCUT2D eigenvalue weighted by Crippen LogP contribution is -2.14. The molecular weight excluding hydrogens is 366 g/mol. The maximum absolute atomic E-state index is 12.3. The van der Waals surface area contributed by atoms with E-state index in [4.69, 9.17) is 0 Å². The molecule has 4 rings (SSSR count). The molecule has 0 saturated carbocycles. The standard InChI is InChI=1S/C18H13N5OS2/c24-16(7-14-10-25-17(21-14)13-4-2-6-20-9-13)23-18-22-15(11-26-18)12-3-1-5-19-8-12/h1-6,8-11H,7H2,(H,22,23,24). The van der Waals surface area contributed by atoms with Crippen molar-refractivity contribution in [2.45, 2.75) is 6.42 Å². The quantitative estimate of drug-likeness (QED) is 0.569. The molecule has 128 valence electrons. The van der Waals surface area contributed by atoms with Crippen LogP contribution in [0.2, 0.25) is 0 Å². The number of thiazole rings is 2. The number of nitrogens with zero attached hydrogens (tertiary/aromatic N) is 4. The summed E-state index contributed by atoms with van der Waals surface area (Å²) in [4.78, 5) is 29.4. The number of hydrogen-bond acceptors (Lipinski definition) is 7. The van der Waals surface area contributed by atoms with Gasteiger partial charge >= 0.3 is 0 Å². The number of hydrogen-bond donors (Lipinski definition) is 1. The van der Waals surface area contributed by atoms with Crippen molar-refractivity contribution in [2.75, 3.05) is 5.32 Å². The molecule has 0 fully saturated rings. The first-order chi connectivity index (χ1) is 12.8. The van der Waals surface area contributed by atoms with Crippen molar-refractivity contribution in [3.05, 3.63) is 65.5 Å². The summed E-state index contributed by atoms with van der Waals surface area (Å²) in [6.45, 7) is 0. The van der Waals surface area contributed by atoms with Gasteiger partial charge in [-0.15, -0.1) is 22.7 Å². The summed E-state index contributed by atoms with van der Waals surface area (Å²) in [5, 5.41) is 8.04. The fourth-order valence-corrected chi connectivity index (χ4v) is 3.86. The molecule has 4 heterocycles. The third-order valence-electron chi connectivity index (χ3n) is 3.51. The lowest BCUT2D eigenvalue weighted by atomic mass is 10.2. The minimum atomic E-state index is -0.139. The van der Waals surface area contributed by atoms with Gasteiger partial charge < -0.3 is 5.32 Å². The molecule has 26 heavy (non-hydrogen) atoms. The van der Waals surface area contributed by atoms with Crippen molar-refractivity contribution in [3.8, 4) is 21.8 Å². The monoisotopic (exact) mass is 379 g/mol. The van der Waals surface area contributed by atoms with Gasteiger partial charge in [-0.1, -0.05) is 0 Å². The molecule has 0 aliphatic heterocycles. The molecule has 8 heteroatoms. The van der Waals surface area contributed by atoms with Crippen molar-refractivity contribution in [1.82, 2.24) is 19.9 Å². The van der Waals surface area contributed by atoms with E-state index in [1.807, 2.05) is 35.0 Å². The van der Waals surface area contributed by atoms with Crippen LogP contribution in [0.4, 0.5) is 5.13 Å². The highest BCUT2D eigenvalue weighted by Crippen LogP contribution is 2.25. The average molecular weight is 379 g/mol. The van der Waals surface area contributed by atoms with Crippen molar-refractivity contribution in [2.24, 2.45) is 0 Å². The zero-order chi connectivity index (χ0) is 17.8. The largest absolute Gasteiger partial charge is 0.302 e. The fraction of sp³-hybridized carbons (Fsp3) is 0.0556. The van der Waals surface area contributed by atoms with Gasteiger partial charge in [-0.3, -0.25) is 14.8 Å². The summed E-state index contributed by atoms with van der Waals surface area (Å²) in [6.07, 6.45) is 7.15. The van der Waals surface area contributed by atoms with Gasteiger partial charge in [0.1, 0.15) is 5.01 Å². The van der Waals surface area contributed by atoms with Crippen LogP contribution in [-0.4, -0.2) is 25.8 Å². The summed E-state index contributed by atoms with van der Waals surface area (Å²) >= 11 is 2.89. The van der Waals surface area contributed by atoms with Gasteiger partial charge in [0.2, 0.25) is 5.91 Å². The van der Waals surface area contributed by atoms with E-state index in [9.17, 15) is 4.79 Å². The zero-order valence-electron chi connectivity index (χ0n) is 13.5. The third-order valence-corrected chi connectivity index (χ3v) is 5.21. The van der Waals surface area contributed by atoms with Crippen LogP contribution in [0.1, 0.15) is 5.69 Å². The first-order valence-corrected chi connectivity index (χ1v) is 9.54. The van der Waals surface area contributed by atoms with Crippen LogP contribution in [-0.2, 0) is 11.2 Å². The Morgan fingerprint density at radius 3 is 2.46 bits per heavy atom. The van der Waals surface area contributed by atoms with E-state index in [1.54, 1.807) is 24.8 Å². The minimum absolute atomic E-state index is 0.139. The number of carbonyl (C=O) groups is 1. The van der Waals surface area contributed by atoms with Gasteiger partial charge in [-0.05, 0) is 24.3 Å². The summed E-state index contributed by atoms with van der Waals surface area (Å²) in [5.41, 5.74) is 3.40. The van der Waals surface area contributed by atoms with Crippen LogP contribution in [0.5, 0.6) is 0 Å². The number of rotatable bonds is 5. The van der Waals surface area contributed by atoms with Crippen LogP contribution < -0.4 is 5.32 Å². The topological polar surface area (TPSA) is 80.7 Å². The molecule has 0 atom stereocenters. The van der Waals surface area contributed by atoms with E-state index >= 15 is 0 Å². The molecule has 6 nitrogen and oxygen atoms in total. The Hall–Kier alpha value is -2.97. The van der Waals surface area contributed by atoms with Gasteiger partial charge in [-0.2, -0.15) is 0 Å². The molecule has 0 bridgehead atoms. The maximum atomic E-state index is 12.3.